The SMILES string of the molecule is CNc1c(Cl)ncnc1N1CCC(OCCOC)C1. The van der Waals surface area contributed by atoms with Crippen molar-refractivity contribution in [3.8, 4) is 0 Å². The van der Waals surface area contributed by atoms with Crippen LogP contribution in [0.1, 0.15) is 6.42 Å². The summed E-state index contributed by atoms with van der Waals surface area (Å²) >= 11 is 6.06. The Labute approximate surface area is 118 Å². The molecule has 0 aromatic carbocycles. The summed E-state index contributed by atoms with van der Waals surface area (Å²) in [6.45, 7) is 2.96. The van der Waals surface area contributed by atoms with E-state index in [-0.39, 0.29) is 6.10 Å². The van der Waals surface area contributed by atoms with Crippen LogP contribution in [0.3, 0.4) is 0 Å². The summed E-state index contributed by atoms with van der Waals surface area (Å²) in [7, 11) is 3.49. The highest BCUT2D eigenvalue weighted by atomic mass is 35.5. The van der Waals surface area contributed by atoms with Crippen LogP contribution in [0.4, 0.5) is 11.5 Å². The van der Waals surface area contributed by atoms with Gasteiger partial charge in [0.15, 0.2) is 11.0 Å². The molecule has 0 spiro atoms. The largest absolute Gasteiger partial charge is 0.383 e. The van der Waals surface area contributed by atoms with Crippen LogP contribution in [0.5, 0.6) is 0 Å². The molecule has 2 heterocycles. The molecule has 1 fully saturated rings. The molecule has 0 saturated carbocycles. The van der Waals surface area contributed by atoms with Crippen LogP contribution in [0.15, 0.2) is 6.33 Å². The number of ether oxygens (including phenoxy) is 2. The van der Waals surface area contributed by atoms with Crippen LogP contribution in [0.2, 0.25) is 5.15 Å². The number of nitrogens with one attached hydrogen (secondary N) is 1. The second kappa shape index (κ2) is 6.88. The molecular formula is C12H19ClN4O2. The number of halogens is 1. The third-order valence-electron chi connectivity index (χ3n) is 3.12. The van der Waals surface area contributed by atoms with Crippen LogP contribution < -0.4 is 10.2 Å². The molecule has 0 bridgehead atoms. The van der Waals surface area contributed by atoms with E-state index in [1.807, 2.05) is 7.05 Å². The van der Waals surface area contributed by atoms with E-state index in [0.29, 0.717) is 18.4 Å². The smallest absolute Gasteiger partial charge is 0.157 e. The summed E-state index contributed by atoms with van der Waals surface area (Å²) in [5.74, 6) is 0.834. The van der Waals surface area contributed by atoms with Gasteiger partial charge in [-0.05, 0) is 6.42 Å². The molecule has 1 saturated heterocycles. The standard InChI is InChI=1S/C12H19ClN4O2/c1-14-10-11(13)15-8-16-12(10)17-4-3-9(7-17)19-6-5-18-2/h8-9,14H,3-7H2,1-2H3. The molecule has 106 valence electrons. The van der Waals surface area contributed by atoms with E-state index in [1.165, 1.54) is 6.33 Å². The molecule has 19 heavy (non-hydrogen) atoms. The fourth-order valence-corrected chi connectivity index (χ4v) is 2.39. The van der Waals surface area contributed by atoms with Crippen LogP contribution >= 0.6 is 11.6 Å². The molecule has 0 radical (unpaired) electrons. The van der Waals surface area contributed by atoms with Gasteiger partial charge in [0.2, 0.25) is 0 Å². The van der Waals surface area contributed by atoms with Crippen molar-refractivity contribution in [2.45, 2.75) is 12.5 Å². The molecule has 0 amide bonds. The predicted octanol–water partition coefficient (Wildman–Crippen LogP) is 1.41. The zero-order valence-corrected chi connectivity index (χ0v) is 12.0. The average Bonchev–Trinajstić information content (AvgIpc) is 2.87. The van der Waals surface area contributed by atoms with Gasteiger partial charge in [-0.15, -0.1) is 0 Å². The van der Waals surface area contributed by atoms with Crippen LogP contribution in [-0.4, -0.2) is 56.5 Å². The first-order valence-corrected chi connectivity index (χ1v) is 6.67. The first-order valence-electron chi connectivity index (χ1n) is 6.30. The van der Waals surface area contributed by atoms with E-state index in [2.05, 4.69) is 20.2 Å². The molecule has 6 nitrogen and oxygen atoms in total. The molecule has 1 N–H and O–H groups in total. The lowest BCUT2D eigenvalue weighted by molar-refractivity contribution is 0.0280. The molecule has 1 aliphatic rings. The van der Waals surface area contributed by atoms with Gasteiger partial charge in [0.25, 0.3) is 0 Å². The highest BCUT2D eigenvalue weighted by Crippen LogP contribution is 2.31. The molecule has 1 aromatic rings. The van der Waals surface area contributed by atoms with Gasteiger partial charge in [-0.25, -0.2) is 9.97 Å². The number of rotatable bonds is 6. The third kappa shape index (κ3) is 3.46. The van der Waals surface area contributed by atoms with Gasteiger partial charge in [0.1, 0.15) is 12.0 Å². The predicted molar refractivity (Wildman–Crippen MR) is 75.0 cm³/mol. The highest BCUT2D eigenvalue weighted by Gasteiger charge is 2.26. The second-order valence-corrected chi connectivity index (χ2v) is 4.69. The molecule has 2 rings (SSSR count). The van der Waals surface area contributed by atoms with Crippen molar-refractivity contribution in [2.24, 2.45) is 0 Å². The number of hydrogen-bond acceptors (Lipinski definition) is 6. The van der Waals surface area contributed by atoms with E-state index in [4.69, 9.17) is 21.1 Å². The Bertz CT molecular complexity index is 419. The van der Waals surface area contributed by atoms with Crippen molar-refractivity contribution in [2.75, 3.05) is 50.7 Å². The number of nitrogens with zero attached hydrogens (tertiary/aromatic N) is 3. The highest BCUT2D eigenvalue weighted by molar-refractivity contribution is 6.32. The third-order valence-corrected chi connectivity index (χ3v) is 3.40. The number of hydrogen-bond donors (Lipinski definition) is 1. The Balaban J connectivity index is 1.99. The van der Waals surface area contributed by atoms with Crippen LogP contribution in [0, 0.1) is 0 Å². The topological polar surface area (TPSA) is 59.5 Å². The number of aromatic nitrogens is 2. The van der Waals surface area contributed by atoms with Crippen molar-refractivity contribution in [1.82, 2.24) is 9.97 Å². The van der Waals surface area contributed by atoms with Crippen LogP contribution in [0.25, 0.3) is 0 Å². The van der Waals surface area contributed by atoms with Crippen molar-refractivity contribution in [3.63, 3.8) is 0 Å². The van der Waals surface area contributed by atoms with Gasteiger partial charge in [-0.3, -0.25) is 0 Å². The van der Waals surface area contributed by atoms with Gasteiger partial charge in [-0.1, -0.05) is 11.6 Å². The normalized spacial score (nSPS) is 18.9. The summed E-state index contributed by atoms with van der Waals surface area (Å²) < 4.78 is 10.7. The van der Waals surface area contributed by atoms with E-state index < -0.39 is 0 Å². The number of methoxy groups -OCH3 is 1. The van der Waals surface area contributed by atoms with Crippen LogP contribution in [-0.2, 0) is 9.47 Å². The van der Waals surface area contributed by atoms with E-state index in [0.717, 1.165) is 31.0 Å². The lowest BCUT2D eigenvalue weighted by Crippen LogP contribution is -2.25. The Morgan fingerprint density at radius 1 is 1.47 bits per heavy atom. The summed E-state index contributed by atoms with van der Waals surface area (Å²) in [6, 6.07) is 0. The summed E-state index contributed by atoms with van der Waals surface area (Å²) in [4.78, 5) is 10.5. The summed E-state index contributed by atoms with van der Waals surface area (Å²) in [5.41, 5.74) is 0.765. The maximum Gasteiger partial charge on any atom is 0.157 e. The summed E-state index contributed by atoms with van der Waals surface area (Å²) in [5, 5.41) is 3.49. The molecule has 1 aromatic heterocycles. The van der Waals surface area contributed by atoms with Crippen molar-refractivity contribution < 1.29 is 9.47 Å². The second-order valence-electron chi connectivity index (χ2n) is 4.33. The van der Waals surface area contributed by atoms with E-state index in [1.54, 1.807) is 7.11 Å². The molecule has 7 heteroatoms. The lowest BCUT2D eigenvalue weighted by atomic mass is 10.3. The van der Waals surface area contributed by atoms with Gasteiger partial charge in [0.05, 0.1) is 19.3 Å². The molecule has 1 unspecified atom stereocenters. The van der Waals surface area contributed by atoms with Crippen molar-refractivity contribution in [1.29, 1.82) is 0 Å². The quantitative estimate of drug-likeness (QED) is 0.630. The maximum absolute atomic E-state index is 6.06. The monoisotopic (exact) mass is 286 g/mol. The molecular weight excluding hydrogens is 268 g/mol. The Hall–Kier alpha value is -1.11. The average molecular weight is 287 g/mol. The zero-order valence-electron chi connectivity index (χ0n) is 11.2. The Kier molecular flexibility index (Phi) is 5.18. The Morgan fingerprint density at radius 2 is 2.32 bits per heavy atom. The van der Waals surface area contributed by atoms with Gasteiger partial charge in [0, 0.05) is 27.2 Å². The molecule has 1 aliphatic heterocycles. The molecule has 1 atom stereocenters. The zero-order chi connectivity index (χ0) is 13.7. The lowest BCUT2D eigenvalue weighted by Gasteiger charge is -2.20. The number of anilines is 2. The minimum absolute atomic E-state index is 0.216. The molecule has 0 aliphatic carbocycles. The van der Waals surface area contributed by atoms with E-state index in [9.17, 15) is 0 Å². The fraction of sp³-hybridized carbons (Fsp3) is 0.667. The van der Waals surface area contributed by atoms with Crippen molar-refractivity contribution >= 4 is 23.1 Å². The first kappa shape index (κ1) is 14.3. The minimum atomic E-state index is 0.216. The van der Waals surface area contributed by atoms with Gasteiger partial charge in [-0.2, -0.15) is 0 Å². The van der Waals surface area contributed by atoms with Gasteiger partial charge >= 0.3 is 0 Å². The van der Waals surface area contributed by atoms with Gasteiger partial charge < -0.3 is 19.7 Å². The maximum atomic E-state index is 6.06. The minimum Gasteiger partial charge on any atom is -0.383 e. The Morgan fingerprint density at radius 3 is 3.05 bits per heavy atom. The van der Waals surface area contributed by atoms with Crippen molar-refractivity contribution in [3.05, 3.63) is 11.5 Å². The fourth-order valence-electron chi connectivity index (χ4n) is 2.17. The first-order chi connectivity index (χ1) is 9.26. The van der Waals surface area contributed by atoms with E-state index >= 15 is 0 Å². The summed E-state index contributed by atoms with van der Waals surface area (Å²) in [6.07, 6.45) is 2.68.